The maximum atomic E-state index is 10.6. The Morgan fingerprint density at radius 1 is 1.50 bits per heavy atom. The predicted octanol–water partition coefficient (Wildman–Crippen LogP) is -0.0343. The van der Waals surface area contributed by atoms with Crippen molar-refractivity contribution < 1.29 is 18.0 Å². The molecule has 0 unspecified atom stereocenters. The van der Waals surface area contributed by atoms with Gasteiger partial charge in [-0.1, -0.05) is 20.8 Å². The number of hydrogen-bond acceptors (Lipinski definition) is 4. The summed E-state index contributed by atoms with van der Waals surface area (Å²) in [4.78, 5) is 10.6. The van der Waals surface area contributed by atoms with Crippen LogP contribution in [-0.2, 0) is 4.79 Å². The zero-order valence-electron chi connectivity index (χ0n) is 7.96. The third kappa shape index (κ3) is 5.06. The van der Waals surface area contributed by atoms with Crippen LogP contribution in [0.5, 0.6) is 0 Å². The first kappa shape index (κ1) is 13.9. The summed E-state index contributed by atoms with van der Waals surface area (Å²) >= 11 is 0. The van der Waals surface area contributed by atoms with Crippen LogP contribution in [0.2, 0.25) is 0 Å². The van der Waals surface area contributed by atoms with E-state index in [-0.39, 0.29) is 8.27 Å². The Kier molecular flexibility index (Phi) is 6.88. The highest BCUT2D eigenvalue weighted by Crippen LogP contribution is 2.17. The van der Waals surface area contributed by atoms with E-state index in [1.165, 1.54) is 0 Å². The van der Waals surface area contributed by atoms with Crippen LogP contribution < -0.4 is 11.2 Å². The lowest BCUT2D eigenvalue weighted by molar-refractivity contribution is -0.125. The molecule has 0 aliphatic carbocycles. The fourth-order valence-electron chi connectivity index (χ4n) is 0.684. The molecule has 5 heteroatoms. The molecule has 0 aliphatic rings. The average molecular weight is 182 g/mol. The van der Waals surface area contributed by atoms with Crippen LogP contribution in [0.3, 0.4) is 0 Å². The van der Waals surface area contributed by atoms with Gasteiger partial charge in [0.25, 0.3) is 0 Å². The molecular weight excluding hydrogens is 160 g/mol. The number of rotatable bonds is 2. The summed E-state index contributed by atoms with van der Waals surface area (Å²) in [6.45, 7) is 5.43. The molecule has 5 nitrogen and oxygen atoms in total. The van der Waals surface area contributed by atoms with E-state index in [9.17, 15) is 4.79 Å². The summed E-state index contributed by atoms with van der Waals surface area (Å²) in [5.74, 6) is -0.546. The topological polar surface area (TPSA) is 95.6 Å². The van der Waals surface area contributed by atoms with Crippen molar-refractivity contribution in [1.82, 2.24) is 5.48 Å². The minimum atomic E-state index is -0.688. The molecule has 5 N–H and O–H groups in total. The first-order valence-electron chi connectivity index (χ1n) is 3.53. The second kappa shape index (κ2) is 5.93. The minimum absolute atomic E-state index is 0. The zero-order valence-corrected chi connectivity index (χ0v) is 7.96. The Bertz CT molecular complexity index is 139. The smallest absolute Gasteiger partial charge is 0.237 e. The van der Waals surface area contributed by atoms with Gasteiger partial charge < -0.3 is 16.0 Å². The molecule has 1 atom stereocenters. The normalized spacial score (nSPS) is 12.8. The number of hydrogen-bond donors (Lipinski definition) is 4. The maximum Gasteiger partial charge on any atom is 0.237 e. The lowest BCUT2D eigenvalue weighted by Gasteiger charge is -2.25. The molecule has 0 spiro atoms. The molecule has 0 aromatic carbocycles. The van der Waals surface area contributed by atoms with Gasteiger partial charge in [-0.05, 0) is 5.41 Å². The van der Waals surface area contributed by atoms with E-state index < -0.39 is 11.9 Å². The fourth-order valence-corrected chi connectivity index (χ4v) is 0.684. The van der Waals surface area contributed by atoms with Crippen molar-refractivity contribution in [2.45, 2.75) is 26.8 Å². The highest BCUT2D eigenvalue weighted by atomic mass is 16.5. The number of amides is 1. The molecule has 0 saturated carbocycles. The van der Waals surface area contributed by atoms with E-state index in [1.54, 1.807) is 0 Å². The van der Waals surface area contributed by atoms with Gasteiger partial charge in [0.1, 0.15) is 6.04 Å². The number of nitrogens with two attached hydrogens (primary N) is 1. The van der Waals surface area contributed by atoms with Crippen LogP contribution in [0.15, 0.2) is 0 Å². The van der Waals surface area contributed by atoms with Crippen LogP contribution in [-0.4, -0.2) is 29.4 Å². The van der Waals surface area contributed by atoms with Crippen molar-refractivity contribution in [2.24, 2.45) is 11.1 Å². The average Bonchev–Trinajstić information content (AvgIpc) is 1.89. The summed E-state index contributed by atoms with van der Waals surface area (Å²) in [5.41, 5.74) is 6.49. The summed E-state index contributed by atoms with van der Waals surface area (Å²) in [7, 11) is 1.00. The van der Waals surface area contributed by atoms with Gasteiger partial charge in [-0.25, -0.2) is 0 Å². The lowest BCUT2D eigenvalue weighted by Crippen LogP contribution is -2.48. The van der Waals surface area contributed by atoms with Gasteiger partial charge in [-0.2, -0.15) is 5.48 Å². The predicted molar refractivity (Wildman–Crippen MR) is 49.7 cm³/mol. The molecule has 1 amide bonds. The number of aliphatic hydroxyl groups excluding tert-OH is 1. The highest BCUT2D eigenvalue weighted by Gasteiger charge is 2.28. The van der Waals surface area contributed by atoms with E-state index >= 15 is 0 Å². The van der Waals surface area contributed by atoms with Crippen LogP contribution in [0.25, 0.3) is 0 Å². The van der Waals surface area contributed by atoms with Gasteiger partial charge in [0.2, 0.25) is 5.91 Å². The lowest BCUT2D eigenvalue weighted by atomic mass is 9.87. The molecule has 0 radical (unpaired) electrons. The zero-order chi connectivity index (χ0) is 10.4. The van der Waals surface area contributed by atoms with Crippen molar-refractivity contribution in [3.63, 3.8) is 0 Å². The van der Waals surface area contributed by atoms with Crippen LogP contribution in [0.1, 0.15) is 23.6 Å². The summed E-state index contributed by atoms with van der Waals surface area (Å²) in [5, 5.41) is 15.5. The molecule has 0 saturated heterocycles. The summed E-state index contributed by atoms with van der Waals surface area (Å²) in [6.07, 6.45) is 0. The van der Waals surface area contributed by atoms with Gasteiger partial charge in [0.05, 0.1) is 0 Å². The molecule has 0 fully saturated rings. The van der Waals surface area contributed by atoms with Crippen LogP contribution in [0, 0.1) is 5.41 Å². The molecule has 0 rings (SSSR count). The molecule has 0 heterocycles. The maximum absolute atomic E-state index is 10.6. The Labute approximate surface area is 75.5 Å². The third-order valence-corrected chi connectivity index (χ3v) is 1.28. The fraction of sp³-hybridized carbons (Fsp3) is 0.857. The van der Waals surface area contributed by atoms with Gasteiger partial charge in [0.15, 0.2) is 0 Å². The molecule has 0 bridgehead atoms. The number of aliphatic hydroxyl groups is 1. The molecule has 78 valence electrons. The Hall–Kier alpha value is -0.650. The van der Waals surface area contributed by atoms with Gasteiger partial charge in [0, 0.05) is 9.96 Å². The van der Waals surface area contributed by atoms with Crippen molar-refractivity contribution in [1.29, 1.82) is 0 Å². The molecule has 12 heavy (non-hydrogen) atoms. The van der Waals surface area contributed by atoms with E-state index in [0.717, 1.165) is 7.11 Å². The first-order chi connectivity index (χ1) is 5.39. The van der Waals surface area contributed by atoms with E-state index in [1.807, 2.05) is 26.3 Å². The molecular formula is C7H22N2O3. The SMILES string of the molecule is CC(C)(C)[C@H](NO)C(N)=O.CO.[HH].[HH]. The van der Waals surface area contributed by atoms with Crippen LogP contribution >= 0.6 is 0 Å². The first-order valence-corrected chi connectivity index (χ1v) is 3.53. The minimum Gasteiger partial charge on any atom is -0.400 e. The van der Waals surface area contributed by atoms with Crippen molar-refractivity contribution >= 4 is 5.91 Å². The van der Waals surface area contributed by atoms with Crippen molar-refractivity contribution in [3.8, 4) is 0 Å². The number of carbonyl (C=O) groups excluding carboxylic acids is 1. The Morgan fingerprint density at radius 2 is 1.83 bits per heavy atom. The Balaban J connectivity index is -0.000000117. The quantitative estimate of drug-likeness (QED) is 0.451. The Morgan fingerprint density at radius 3 is 1.83 bits per heavy atom. The van der Waals surface area contributed by atoms with Crippen molar-refractivity contribution in [2.75, 3.05) is 7.11 Å². The van der Waals surface area contributed by atoms with E-state index in [2.05, 4.69) is 0 Å². The molecule has 0 aromatic heterocycles. The molecule has 0 aromatic rings. The second-order valence-electron chi connectivity index (χ2n) is 3.33. The number of nitrogens with one attached hydrogen (secondary N) is 1. The largest absolute Gasteiger partial charge is 0.400 e. The number of hydroxylamine groups is 1. The summed E-state index contributed by atoms with van der Waals surface area (Å²) in [6, 6.07) is -0.688. The molecule has 0 aliphatic heterocycles. The summed E-state index contributed by atoms with van der Waals surface area (Å²) < 4.78 is 0. The third-order valence-electron chi connectivity index (χ3n) is 1.28. The highest BCUT2D eigenvalue weighted by molar-refractivity contribution is 5.80. The number of primary amides is 1. The van der Waals surface area contributed by atoms with Crippen molar-refractivity contribution in [3.05, 3.63) is 0 Å². The van der Waals surface area contributed by atoms with Crippen LogP contribution in [0.4, 0.5) is 0 Å². The van der Waals surface area contributed by atoms with Gasteiger partial charge >= 0.3 is 0 Å². The monoisotopic (exact) mass is 182 g/mol. The van der Waals surface area contributed by atoms with E-state index in [4.69, 9.17) is 16.0 Å². The number of carbonyl (C=O) groups is 1. The standard InChI is InChI=1S/C6H14N2O2.CH4O.2H2/c1-6(2,3)4(8-10)5(7)9;1-2;;/h4,8,10H,1-3H3,(H2,7,9);2H,1H3;2*1H/t4-;;;/m1.../s1. The second-order valence-corrected chi connectivity index (χ2v) is 3.33. The van der Waals surface area contributed by atoms with E-state index in [0.29, 0.717) is 0 Å². The van der Waals surface area contributed by atoms with Gasteiger partial charge in [-0.3, -0.25) is 4.79 Å². The van der Waals surface area contributed by atoms with Gasteiger partial charge in [-0.15, -0.1) is 0 Å².